The van der Waals surface area contributed by atoms with Crippen molar-refractivity contribution in [2.24, 2.45) is 0 Å². The third kappa shape index (κ3) is 4.91. The molecule has 5 nitrogen and oxygen atoms in total. The van der Waals surface area contributed by atoms with Crippen LogP contribution in [0.25, 0.3) is 83.3 Å². The van der Waals surface area contributed by atoms with E-state index in [4.69, 9.17) is 9.97 Å². The summed E-state index contributed by atoms with van der Waals surface area (Å²) in [7, 11) is 0. The summed E-state index contributed by atoms with van der Waals surface area (Å²) in [6.45, 7) is 0. The van der Waals surface area contributed by atoms with Crippen LogP contribution in [-0.4, -0.2) is 25.0 Å². The van der Waals surface area contributed by atoms with E-state index in [1.165, 1.54) is 0 Å². The number of hydrogen-bond acceptors (Lipinski definition) is 4. The molecular formula is C42H27N5. The highest BCUT2D eigenvalue weighted by Crippen LogP contribution is 2.37. The van der Waals surface area contributed by atoms with Crippen molar-refractivity contribution in [3.8, 4) is 50.5 Å². The number of hydrogen-bond donors (Lipinski definition) is 0. The van der Waals surface area contributed by atoms with Gasteiger partial charge >= 0.3 is 0 Å². The number of rotatable bonds is 5. The van der Waals surface area contributed by atoms with E-state index in [2.05, 4.69) is 107 Å². The molecule has 0 aliphatic heterocycles. The topological polar surface area (TPSA) is 56.5 Å². The smallest absolute Gasteiger partial charge is 0.113 e. The summed E-state index contributed by atoms with van der Waals surface area (Å²) in [5.41, 5.74) is 13.0. The highest BCUT2D eigenvalue weighted by atomic mass is 15.5. The summed E-state index contributed by atoms with van der Waals surface area (Å²) in [4.78, 5) is 12.1. The van der Waals surface area contributed by atoms with Crippen LogP contribution in [0.5, 0.6) is 0 Å². The van der Waals surface area contributed by atoms with Gasteiger partial charge in [0.2, 0.25) is 0 Å². The SMILES string of the molecule is c1ccc(-c2ccc3cc(-c4ccc(-c5cccc(-n6nc7ccccc7n6)c5)cc4)c4ccc(-c5ccccc5)nc4c3n2)cc1. The molecule has 3 heterocycles. The van der Waals surface area contributed by atoms with E-state index in [-0.39, 0.29) is 0 Å². The molecule has 47 heavy (non-hydrogen) atoms. The molecule has 0 bridgehead atoms. The molecule has 0 aliphatic carbocycles. The first-order chi connectivity index (χ1) is 23.3. The fourth-order valence-corrected chi connectivity index (χ4v) is 6.27. The Labute approximate surface area is 271 Å². The van der Waals surface area contributed by atoms with Crippen LogP contribution in [0.3, 0.4) is 0 Å². The number of nitrogens with zero attached hydrogens (tertiary/aromatic N) is 5. The molecule has 0 atom stereocenters. The molecule has 220 valence electrons. The van der Waals surface area contributed by atoms with E-state index in [1.807, 2.05) is 66.7 Å². The Balaban J connectivity index is 1.15. The molecule has 9 aromatic rings. The van der Waals surface area contributed by atoms with E-state index in [9.17, 15) is 0 Å². The lowest BCUT2D eigenvalue weighted by molar-refractivity contribution is 0.766. The number of pyridine rings is 2. The summed E-state index contributed by atoms with van der Waals surface area (Å²) in [6, 6.07) is 56.5. The highest BCUT2D eigenvalue weighted by molar-refractivity contribution is 6.11. The fraction of sp³-hybridized carbons (Fsp3) is 0. The third-order valence-corrected chi connectivity index (χ3v) is 8.67. The molecule has 0 N–H and O–H groups in total. The predicted octanol–water partition coefficient (Wildman–Crippen LogP) is 10.2. The van der Waals surface area contributed by atoms with Gasteiger partial charge in [0.1, 0.15) is 11.0 Å². The standard InChI is InChI=1S/C42H27N5/c1-3-10-30(11-4-1)37-24-22-33-27-36(35-23-25-38(31-12-5-2-6-13-31)44-42(35)41(33)43-37)29-20-18-28(19-21-29)32-14-9-15-34(26-32)47-45-39-16-7-8-17-40(39)46-47/h1-27H. The molecule has 0 amide bonds. The van der Waals surface area contributed by atoms with Gasteiger partial charge in [-0.15, -0.1) is 10.2 Å². The minimum absolute atomic E-state index is 0.877. The molecule has 0 saturated carbocycles. The Bertz CT molecular complexity index is 2520. The first-order valence-corrected chi connectivity index (χ1v) is 15.7. The van der Waals surface area contributed by atoms with Crippen molar-refractivity contribution in [2.45, 2.75) is 0 Å². The van der Waals surface area contributed by atoms with Gasteiger partial charge in [0.15, 0.2) is 0 Å². The molecule has 0 saturated heterocycles. The van der Waals surface area contributed by atoms with Gasteiger partial charge in [-0.1, -0.05) is 115 Å². The lowest BCUT2D eigenvalue weighted by atomic mass is 9.95. The van der Waals surface area contributed by atoms with Gasteiger partial charge < -0.3 is 0 Å². The van der Waals surface area contributed by atoms with Crippen LogP contribution < -0.4 is 0 Å². The second-order valence-corrected chi connectivity index (χ2v) is 11.6. The maximum absolute atomic E-state index is 5.24. The van der Waals surface area contributed by atoms with Crippen LogP contribution >= 0.6 is 0 Å². The largest absolute Gasteiger partial charge is 0.245 e. The van der Waals surface area contributed by atoms with Crippen molar-refractivity contribution >= 4 is 32.8 Å². The minimum atomic E-state index is 0.877. The van der Waals surface area contributed by atoms with Crippen molar-refractivity contribution < 1.29 is 0 Å². The minimum Gasteiger partial charge on any atom is -0.245 e. The second-order valence-electron chi connectivity index (χ2n) is 11.6. The molecule has 6 aromatic carbocycles. The van der Waals surface area contributed by atoms with Gasteiger partial charge in [-0.2, -0.15) is 4.80 Å². The lowest BCUT2D eigenvalue weighted by Gasteiger charge is -2.13. The Morgan fingerprint density at radius 2 is 0.957 bits per heavy atom. The molecule has 3 aromatic heterocycles. The van der Waals surface area contributed by atoms with Crippen molar-refractivity contribution in [1.82, 2.24) is 25.0 Å². The second kappa shape index (κ2) is 11.2. The number of aromatic nitrogens is 5. The van der Waals surface area contributed by atoms with Gasteiger partial charge in [0.05, 0.1) is 28.1 Å². The van der Waals surface area contributed by atoms with Crippen LogP contribution in [0, 0.1) is 0 Å². The maximum Gasteiger partial charge on any atom is 0.113 e. The van der Waals surface area contributed by atoms with Gasteiger partial charge in [0.25, 0.3) is 0 Å². The van der Waals surface area contributed by atoms with Gasteiger partial charge in [-0.3, -0.25) is 0 Å². The first-order valence-electron chi connectivity index (χ1n) is 15.7. The Morgan fingerprint density at radius 1 is 0.383 bits per heavy atom. The van der Waals surface area contributed by atoms with Gasteiger partial charge in [0, 0.05) is 21.9 Å². The van der Waals surface area contributed by atoms with Crippen molar-refractivity contribution in [3.05, 3.63) is 164 Å². The molecular weight excluding hydrogens is 574 g/mol. The molecule has 0 radical (unpaired) electrons. The number of benzene rings is 6. The third-order valence-electron chi connectivity index (χ3n) is 8.67. The molecule has 0 spiro atoms. The average Bonchev–Trinajstić information content (AvgIpc) is 3.60. The Morgan fingerprint density at radius 3 is 1.64 bits per heavy atom. The fourth-order valence-electron chi connectivity index (χ4n) is 6.27. The van der Waals surface area contributed by atoms with E-state index >= 15 is 0 Å². The van der Waals surface area contributed by atoms with Crippen molar-refractivity contribution in [2.75, 3.05) is 0 Å². The van der Waals surface area contributed by atoms with E-state index < -0.39 is 0 Å². The molecule has 5 heteroatoms. The number of fused-ring (bicyclic) bond motifs is 4. The molecule has 0 aliphatic rings. The quantitative estimate of drug-likeness (QED) is 0.184. The Kier molecular flexibility index (Phi) is 6.39. The maximum atomic E-state index is 5.24. The van der Waals surface area contributed by atoms with Gasteiger partial charge in [-0.25, -0.2) is 9.97 Å². The van der Waals surface area contributed by atoms with E-state index in [0.717, 1.165) is 83.3 Å². The Hall–Kier alpha value is -6.46. The summed E-state index contributed by atoms with van der Waals surface area (Å²) >= 11 is 0. The normalized spacial score (nSPS) is 11.4. The molecule has 0 unspecified atom stereocenters. The van der Waals surface area contributed by atoms with E-state index in [0.29, 0.717) is 0 Å². The van der Waals surface area contributed by atoms with Crippen molar-refractivity contribution in [3.63, 3.8) is 0 Å². The van der Waals surface area contributed by atoms with Crippen LogP contribution in [0.15, 0.2) is 164 Å². The summed E-state index contributed by atoms with van der Waals surface area (Å²) in [5, 5.41) is 11.5. The molecule has 9 rings (SSSR count). The summed E-state index contributed by atoms with van der Waals surface area (Å²) < 4.78 is 0. The lowest BCUT2D eigenvalue weighted by Crippen LogP contribution is -1.98. The highest BCUT2D eigenvalue weighted by Gasteiger charge is 2.14. The van der Waals surface area contributed by atoms with Crippen molar-refractivity contribution in [1.29, 1.82) is 0 Å². The zero-order valence-corrected chi connectivity index (χ0v) is 25.3. The van der Waals surface area contributed by atoms with Crippen LogP contribution in [0.2, 0.25) is 0 Å². The van der Waals surface area contributed by atoms with Gasteiger partial charge in [-0.05, 0) is 70.8 Å². The van der Waals surface area contributed by atoms with Crippen LogP contribution in [-0.2, 0) is 0 Å². The summed E-state index contributed by atoms with van der Waals surface area (Å²) in [6.07, 6.45) is 0. The van der Waals surface area contributed by atoms with E-state index in [1.54, 1.807) is 4.80 Å². The zero-order chi connectivity index (χ0) is 31.2. The predicted molar refractivity (Wildman–Crippen MR) is 191 cm³/mol. The monoisotopic (exact) mass is 601 g/mol. The van der Waals surface area contributed by atoms with Crippen LogP contribution in [0.4, 0.5) is 0 Å². The molecule has 0 fully saturated rings. The average molecular weight is 602 g/mol. The summed E-state index contributed by atoms with van der Waals surface area (Å²) in [5.74, 6) is 0. The first kappa shape index (κ1) is 26.9. The zero-order valence-electron chi connectivity index (χ0n) is 25.3. The van der Waals surface area contributed by atoms with Crippen LogP contribution in [0.1, 0.15) is 0 Å².